The molecule has 0 saturated heterocycles. The Hall–Kier alpha value is -1.26. The van der Waals surface area contributed by atoms with E-state index < -0.39 is 11.7 Å². The Morgan fingerprint density at radius 1 is 1.39 bits per heavy atom. The van der Waals surface area contributed by atoms with Crippen LogP contribution in [-0.2, 0) is 16.1 Å². The minimum absolute atomic E-state index is 0.392. The zero-order chi connectivity index (χ0) is 13.8. The van der Waals surface area contributed by atoms with Gasteiger partial charge in [0.2, 0.25) is 0 Å². The van der Waals surface area contributed by atoms with E-state index in [9.17, 15) is 4.79 Å². The maximum Gasteiger partial charge on any atom is 0.412 e. The number of carbonyl (C=O) groups excluding carboxylic acids is 1. The van der Waals surface area contributed by atoms with Crippen molar-refractivity contribution in [2.24, 2.45) is 0 Å². The molecule has 0 aliphatic carbocycles. The second-order valence-corrected chi connectivity index (χ2v) is 5.27. The van der Waals surface area contributed by atoms with Gasteiger partial charge in [0, 0.05) is 17.8 Å². The van der Waals surface area contributed by atoms with Gasteiger partial charge in [0.05, 0.1) is 6.61 Å². The maximum absolute atomic E-state index is 11.6. The number of hydrogen-bond donors (Lipinski definition) is 1. The normalized spacial score (nSPS) is 11.2. The van der Waals surface area contributed by atoms with Crippen LogP contribution in [0.2, 0.25) is 5.02 Å². The molecule has 4 nitrogen and oxygen atoms in total. The van der Waals surface area contributed by atoms with Crippen LogP contribution in [0.5, 0.6) is 0 Å². The lowest BCUT2D eigenvalue weighted by Gasteiger charge is -2.19. The first-order valence-corrected chi connectivity index (χ1v) is 5.97. The van der Waals surface area contributed by atoms with Crippen LogP contribution in [-0.4, -0.2) is 18.8 Å². The molecule has 100 valence electrons. The minimum Gasteiger partial charge on any atom is -0.444 e. The second-order valence-electron chi connectivity index (χ2n) is 4.87. The van der Waals surface area contributed by atoms with Crippen molar-refractivity contribution in [3.05, 3.63) is 28.8 Å². The highest BCUT2D eigenvalue weighted by Crippen LogP contribution is 2.21. The number of benzene rings is 1. The first-order valence-electron chi connectivity index (χ1n) is 5.59. The molecule has 0 saturated carbocycles. The van der Waals surface area contributed by atoms with E-state index in [0.29, 0.717) is 17.3 Å². The van der Waals surface area contributed by atoms with Gasteiger partial charge in [-0.3, -0.25) is 5.32 Å². The number of rotatable bonds is 3. The standard InChI is InChI=1S/C13H18ClNO3/c1-13(2,3)18-12(16)15-10-5-6-11(14)9(7-10)8-17-4/h5-7H,8H2,1-4H3,(H,15,16). The van der Waals surface area contributed by atoms with Crippen LogP contribution in [0.4, 0.5) is 10.5 Å². The van der Waals surface area contributed by atoms with Crippen molar-refractivity contribution in [1.29, 1.82) is 0 Å². The van der Waals surface area contributed by atoms with Gasteiger partial charge < -0.3 is 9.47 Å². The zero-order valence-electron chi connectivity index (χ0n) is 11.0. The smallest absolute Gasteiger partial charge is 0.412 e. The minimum atomic E-state index is -0.522. The Bertz CT molecular complexity index is 427. The summed E-state index contributed by atoms with van der Waals surface area (Å²) in [6.07, 6.45) is -0.492. The molecule has 0 aliphatic rings. The fraction of sp³-hybridized carbons (Fsp3) is 0.462. The van der Waals surface area contributed by atoms with E-state index in [1.807, 2.05) is 20.8 Å². The van der Waals surface area contributed by atoms with Gasteiger partial charge >= 0.3 is 6.09 Å². The van der Waals surface area contributed by atoms with E-state index in [0.717, 1.165) is 5.56 Å². The zero-order valence-corrected chi connectivity index (χ0v) is 11.8. The highest BCUT2D eigenvalue weighted by molar-refractivity contribution is 6.31. The summed E-state index contributed by atoms with van der Waals surface area (Å²) in [4.78, 5) is 11.6. The summed E-state index contributed by atoms with van der Waals surface area (Å²) in [5.74, 6) is 0. The number of hydrogen-bond acceptors (Lipinski definition) is 3. The fourth-order valence-corrected chi connectivity index (χ4v) is 1.51. The van der Waals surface area contributed by atoms with E-state index in [1.165, 1.54) is 0 Å². The molecular weight excluding hydrogens is 254 g/mol. The molecule has 0 aliphatic heterocycles. The van der Waals surface area contributed by atoms with Crippen LogP contribution >= 0.6 is 11.6 Å². The average Bonchev–Trinajstić information content (AvgIpc) is 2.20. The highest BCUT2D eigenvalue weighted by atomic mass is 35.5. The number of anilines is 1. The Morgan fingerprint density at radius 2 is 2.06 bits per heavy atom. The van der Waals surface area contributed by atoms with Gasteiger partial charge in [0.1, 0.15) is 5.60 Å². The topological polar surface area (TPSA) is 47.6 Å². The fourth-order valence-electron chi connectivity index (χ4n) is 1.34. The molecule has 0 atom stereocenters. The number of carbonyl (C=O) groups is 1. The summed E-state index contributed by atoms with van der Waals surface area (Å²) in [5.41, 5.74) is 0.916. The van der Waals surface area contributed by atoms with Crippen LogP contribution in [0.25, 0.3) is 0 Å². The molecule has 0 heterocycles. The highest BCUT2D eigenvalue weighted by Gasteiger charge is 2.16. The van der Waals surface area contributed by atoms with Crippen molar-refractivity contribution in [1.82, 2.24) is 0 Å². The number of amides is 1. The molecule has 1 aromatic carbocycles. The van der Waals surface area contributed by atoms with Crippen molar-refractivity contribution in [2.45, 2.75) is 33.0 Å². The molecule has 0 spiro atoms. The van der Waals surface area contributed by atoms with Gasteiger partial charge in [0.15, 0.2) is 0 Å². The van der Waals surface area contributed by atoms with E-state index in [2.05, 4.69) is 5.32 Å². The second kappa shape index (κ2) is 6.07. The summed E-state index contributed by atoms with van der Waals surface area (Å²) >= 11 is 5.99. The Kier molecular flexibility index (Phi) is 4.99. The van der Waals surface area contributed by atoms with Crippen molar-refractivity contribution in [3.63, 3.8) is 0 Å². The van der Waals surface area contributed by atoms with E-state index >= 15 is 0 Å². The summed E-state index contributed by atoms with van der Waals surface area (Å²) < 4.78 is 10.2. The van der Waals surface area contributed by atoms with Crippen LogP contribution in [0.15, 0.2) is 18.2 Å². The molecule has 18 heavy (non-hydrogen) atoms. The van der Waals surface area contributed by atoms with E-state index in [1.54, 1.807) is 25.3 Å². The van der Waals surface area contributed by atoms with Crippen LogP contribution in [0, 0.1) is 0 Å². The quantitative estimate of drug-likeness (QED) is 0.909. The van der Waals surface area contributed by atoms with Crippen molar-refractivity contribution >= 4 is 23.4 Å². The molecule has 1 N–H and O–H groups in total. The van der Waals surface area contributed by atoms with Gasteiger partial charge in [0.25, 0.3) is 0 Å². The SMILES string of the molecule is COCc1cc(NC(=O)OC(C)(C)C)ccc1Cl. The number of methoxy groups -OCH3 is 1. The van der Waals surface area contributed by atoms with Crippen LogP contribution in [0.1, 0.15) is 26.3 Å². The Labute approximate surface area is 112 Å². The van der Waals surface area contributed by atoms with E-state index in [4.69, 9.17) is 21.1 Å². The van der Waals surface area contributed by atoms with Gasteiger partial charge in [-0.05, 0) is 44.5 Å². The van der Waals surface area contributed by atoms with Crippen molar-refractivity contribution in [3.8, 4) is 0 Å². The monoisotopic (exact) mass is 271 g/mol. The summed E-state index contributed by atoms with van der Waals surface area (Å²) in [7, 11) is 1.59. The molecule has 1 aromatic rings. The molecule has 1 rings (SSSR count). The predicted molar refractivity (Wildman–Crippen MR) is 72.0 cm³/mol. The summed E-state index contributed by atoms with van der Waals surface area (Å²) in [5, 5.41) is 3.25. The third kappa shape index (κ3) is 4.94. The Balaban J connectivity index is 2.73. The average molecular weight is 272 g/mol. The lowest BCUT2D eigenvalue weighted by Crippen LogP contribution is -2.27. The molecule has 0 radical (unpaired) electrons. The van der Waals surface area contributed by atoms with Crippen LogP contribution < -0.4 is 5.32 Å². The molecule has 0 aromatic heterocycles. The summed E-state index contributed by atoms with van der Waals surface area (Å²) in [6.45, 7) is 5.82. The molecular formula is C13H18ClNO3. The number of halogens is 1. The summed E-state index contributed by atoms with van der Waals surface area (Å²) in [6, 6.07) is 5.18. The van der Waals surface area contributed by atoms with Gasteiger partial charge in [-0.2, -0.15) is 0 Å². The van der Waals surface area contributed by atoms with Crippen molar-refractivity contribution < 1.29 is 14.3 Å². The first kappa shape index (κ1) is 14.8. The number of ether oxygens (including phenoxy) is 2. The van der Waals surface area contributed by atoms with Gasteiger partial charge in [-0.1, -0.05) is 11.6 Å². The molecule has 0 unspecified atom stereocenters. The Morgan fingerprint density at radius 3 is 2.61 bits per heavy atom. The maximum atomic E-state index is 11.6. The third-order valence-electron chi connectivity index (χ3n) is 1.99. The first-order chi connectivity index (χ1) is 8.31. The molecule has 0 fully saturated rings. The lowest BCUT2D eigenvalue weighted by atomic mass is 10.2. The predicted octanol–water partition coefficient (Wildman–Crippen LogP) is 3.83. The van der Waals surface area contributed by atoms with Gasteiger partial charge in [-0.25, -0.2) is 4.79 Å². The number of nitrogens with one attached hydrogen (secondary N) is 1. The third-order valence-corrected chi connectivity index (χ3v) is 2.36. The van der Waals surface area contributed by atoms with Crippen LogP contribution in [0.3, 0.4) is 0 Å². The van der Waals surface area contributed by atoms with Gasteiger partial charge in [-0.15, -0.1) is 0 Å². The molecule has 5 heteroatoms. The van der Waals surface area contributed by atoms with E-state index in [-0.39, 0.29) is 0 Å². The van der Waals surface area contributed by atoms with Crippen molar-refractivity contribution in [2.75, 3.05) is 12.4 Å². The lowest BCUT2D eigenvalue weighted by molar-refractivity contribution is 0.0636. The molecule has 0 bridgehead atoms. The largest absolute Gasteiger partial charge is 0.444 e. The molecule has 1 amide bonds.